The maximum absolute atomic E-state index is 12.1. The molecule has 126 valence electrons. The van der Waals surface area contributed by atoms with Crippen LogP contribution in [0.2, 0.25) is 5.02 Å². The molecule has 0 fully saturated rings. The molecule has 0 N–H and O–H groups in total. The normalized spacial score (nSPS) is 10.4. The summed E-state index contributed by atoms with van der Waals surface area (Å²) in [7, 11) is 0. The SMILES string of the molecule is CCN(CCC#N)C(=O)COc1cc2oc(=O)cc(C)c2cc1Cl. The number of nitrogens with zero attached hydrogens (tertiary/aromatic N) is 2. The zero-order valence-corrected chi connectivity index (χ0v) is 14.2. The zero-order chi connectivity index (χ0) is 17.7. The van der Waals surface area contributed by atoms with E-state index in [0.29, 0.717) is 29.1 Å². The third-order valence-corrected chi connectivity index (χ3v) is 3.88. The van der Waals surface area contributed by atoms with Crippen LogP contribution in [0.25, 0.3) is 11.0 Å². The van der Waals surface area contributed by atoms with E-state index in [9.17, 15) is 9.59 Å². The van der Waals surface area contributed by atoms with Crippen molar-refractivity contribution in [1.29, 1.82) is 5.26 Å². The quantitative estimate of drug-likeness (QED) is 0.749. The Bertz CT molecular complexity index is 854. The van der Waals surface area contributed by atoms with Crippen LogP contribution >= 0.6 is 11.6 Å². The van der Waals surface area contributed by atoms with Gasteiger partial charge in [0.1, 0.15) is 11.3 Å². The van der Waals surface area contributed by atoms with E-state index in [-0.39, 0.29) is 24.7 Å². The number of carbonyl (C=O) groups excluding carboxylic acids is 1. The first-order valence-electron chi connectivity index (χ1n) is 7.47. The Kier molecular flexibility index (Phi) is 5.83. The minimum absolute atomic E-state index is 0.208. The molecule has 1 aromatic heterocycles. The van der Waals surface area contributed by atoms with Crippen molar-refractivity contribution < 1.29 is 13.9 Å². The van der Waals surface area contributed by atoms with E-state index < -0.39 is 5.63 Å². The summed E-state index contributed by atoms with van der Waals surface area (Å²) >= 11 is 6.18. The van der Waals surface area contributed by atoms with Gasteiger partial charge in [-0.05, 0) is 25.5 Å². The van der Waals surface area contributed by atoms with Gasteiger partial charge in [-0.15, -0.1) is 0 Å². The Labute approximate surface area is 144 Å². The number of benzene rings is 1. The molecule has 7 heteroatoms. The lowest BCUT2D eigenvalue weighted by molar-refractivity contribution is -0.133. The highest BCUT2D eigenvalue weighted by Crippen LogP contribution is 2.31. The van der Waals surface area contributed by atoms with Crippen molar-refractivity contribution in [2.45, 2.75) is 20.3 Å². The molecule has 0 saturated carbocycles. The number of hydrogen-bond donors (Lipinski definition) is 0. The van der Waals surface area contributed by atoms with Crippen LogP contribution in [-0.4, -0.2) is 30.5 Å². The van der Waals surface area contributed by atoms with Crippen molar-refractivity contribution in [1.82, 2.24) is 4.90 Å². The molecular formula is C17H17ClN2O4. The third-order valence-electron chi connectivity index (χ3n) is 3.58. The van der Waals surface area contributed by atoms with E-state index in [1.165, 1.54) is 17.0 Å². The second-order valence-corrected chi connectivity index (χ2v) is 5.60. The Morgan fingerprint density at radius 3 is 2.83 bits per heavy atom. The van der Waals surface area contributed by atoms with Crippen molar-refractivity contribution in [3.63, 3.8) is 0 Å². The van der Waals surface area contributed by atoms with E-state index >= 15 is 0 Å². The molecule has 0 radical (unpaired) electrons. The molecule has 1 amide bonds. The molecule has 0 aliphatic heterocycles. The Morgan fingerprint density at radius 2 is 2.17 bits per heavy atom. The smallest absolute Gasteiger partial charge is 0.336 e. The highest BCUT2D eigenvalue weighted by Gasteiger charge is 2.14. The number of fused-ring (bicyclic) bond motifs is 1. The molecule has 0 bridgehead atoms. The first-order chi connectivity index (χ1) is 11.5. The van der Waals surface area contributed by atoms with Crippen LogP contribution < -0.4 is 10.4 Å². The van der Waals surface area contributed by atoms with Crippen LogP contribution in [0, 0.1) is 18.3 Å². The molecular weight excluding hydrogens is 332 g/mol. The molecule has 0 aliphatic carbocycles. The van der Waals surface area contributed by atoms with Crippen molar-refractivity contribution in [3.8, 4) is 11.8 Å². The average molecular weight is 349 g/mol. The monoisotopic (exact) mass is 348 g/mol. The second kappa shape index (κ2) is 7.84. The first kappa shape index (κ1) is 17.8. The fourth-order valence-electron chi connectivity index (χ4n) is 2.31. The van der Waals surface area contributed by atoms with Gasteiger partial charge < -0.3 is 14.1 Å². The number of carbonyl (C=O) groups is 1. The second-order valence-electron chi connectivity index (χ2n) is 5.20. The minimum Gasteiger partial charge on any atom is -0.482 e. The summed E-state index contributed by atoms with van der Waals surface area (Å²) in [5.74, 6) is 0.0252. The van der Waals surface area contributed by atoms with E-state index in [1.807, 2.05) is 13.0 Å². The molecule has 2 rings (SSSR count). The Balaban J connectivity index is 2.18. The van der Waals surface area contributed by atoms with Gasteiger partial charge in [-0.25, -0.2) is 4.79 Å². The van der Waals surface area contributed by atoms with Crippen LogP contribution in [-0.2, 0) is 4.79 Å². The summed E-state index contributed by atoms with van der Waals surface area (Å²) in [4.78, 5) is 25.1. The highest BCUT2D eigenvalue weighted by molar-refractivity contribution is 6.32. The predicted octanol–water partition coefficient (Wildman–Crippen LogP) is 2.90. The van der Waals surface area contributed by atoms with Gasteiger partial charge in [0.25, 0.3) is 5.91 Å². The zero-order valence-electron chi connectivity index (χ0n) is 13.5. The number of aryl methyl sites for hydroxylation is 1. The number of likely N-dealkylation sites (N-methyl/N-ethyl adjacent to an activating group) is 1. The molecule has 6 nitrogen and oxygen atoms in total. The lowest BCUT2D eigenvalue weighted by atomic mass is 10.1. The number of amides is 1. The highest BCUT2D eigenvalue weighted by atomic mass is 35.5. The number of hydrogen-bond acceptors (Lipinski definition) is 5. The van der Waals surface area contributed by atoms with Crippen LogP contribution in [0.15, 0.2) is 27.4 Å². The van der Waals surface area contributed by atoms with Crippen molar-refractivity contribution in [2.75, 3.05) is 19.7 Å². The van der Waals surface area contributed by atoms with Crippen molar-refractivity contribution >= 4 is 28.5 Å². The van der Waals surface area contributed by atoms with E-state index in [1.54, 1.807) is 13.0 Å². The molecule has 0 saturated heterocycles. The van der Waals surface area contributed by atoms with Crippen LogP contribution in [0.1, 0.15) is 18.9 Å². The number of ether oxygens (including phenoxy) is 1. The van der Waals surface area contributed by atoms with E-state index in [2.05, 4.69) is 0 Å². The van der Waals surface area contributed by atoms with E-state index in [0.717, 1.165) is 5.56 Å². The maximum atomic E-state index is 12.1. The lowest BCUT2D eigenvalue weighted by Crippen LogP contribution is -2.35. The first-order valence-corrected chi connectivity index (χ1v) is 7.85. The van der Waals surface area contributed by atoms with Gasteiger partial charge in [0, 0.05) is 30.6 Å². The molecule has 0 atom stereocenters. The number of halogens is 1. The lowest BCUT2D eigenvalue weighted by Gasteiger charge is -2.19. The largest absolute Gasteiger partial charge is 0.482 e. The molecule has 0 aliphatic rings. The number of rotatable bonds is 6. The predicted molar refractivity (Wildman–Crippen MR) is 90.2 cm³/mol. The third kappa shape index (κ3) is 4.06. The van der Waals surface area contributed by atoms with Crippen LogP contribution in [0.3, 0.4) is 0 Å². The summed E-state index contributed by atoms with van der Waals surface area (Å²) < 4.78 is 10.6. The summed E-state index contributed by atoms with van der Waals surface area (Å²) in [5.41, 5.74) is 0.640. The molecule has 1 heterocycles. The standard InChI is InChI=1S/C17H17ClN2O4/c1-3-20(6-4-5-19)16(21)10-23-15-9-14-12(8-13(15)18)11(2)7-17(22)24-14/h7-9H,3-4,6,10H2,1-2H3. The fourth-order valence-corrected chi connectivity index (χ4v) is 2.52. The molecule has 1 aromatic carbocycles. The van der Waals surface area contributed by atoms with Gasteiger partial charge in [0.05, 0.1) is 17.5 Å². The van der Waals surface area contributed by atoms with Gasteiger partial charge in [-0.1, -0.05) is 11.6 Å². The molecule has 2 aromatic rings. The Morgan fingerprint density at radius 1 is 1.42 bits per heavy atom. The van der Waals surface area contributed by atoms with Gasteiger partial charge in [0.15, 0.2) is 6.61 Å². The molecule has 24 heavy (non-hydrogen) atoms. The summed E-state index contributed by atoms with van der Waals surface area (Å²) in [6, 6.07) is 6.54. The van der Waals surface area contributed by atoms with E-state index in [4.69, 9.17) is 26.0 Å². The van der Waals surface area contributed by atoms with Gasteiger partial charge in [-0.3, -0.25) is 4.79 Å². The van der Waals surface area contributed by atoms with Gasteiger partial charge in [-0.2, -0.15) is 5.26 Å². The summed E-state index contributed by atoms with van der Waals surface area (Å²) in [6.45, 7) is 4.25. The molecule has 0 unspecified atom stereocenters. The van der Waals surface area contributed by atoms with Gasteiger partial charge in [0.2, 0.25) is 0 Å². The van der Waals surface area contributed by atoms with Crippen molar-refractivity contribution in [2.24, 2.45) is 0 Å². The minimum atomic E-state index is -0.460. The van der Waals surface area contributed by atoms with Gasteiger partial charge >= 0.3 is 5.63 Å². The average Bonchev–Trinajstić information content (AvgIpc) is 2.54. The number of nitriles is 1. The Hall–Kier alpha value is -2.52. The van der Waals surface area contributed by atoms with Crippen LogP contribution in [0.4, 0.5) is 0 Å². The fraction of sp³-hybridized carbons (Fsp3) is 0.353. The van der Waals surface area contributed by atoms with Crippen molar-refractivity contribution in [3.05, 3.63) is 39.2 Å². The maximum Gasteiger partial charge on any atom is 0.336 e. The summed E-state index contributed by atoms with van der Waals surface area (Å²) in [6.07, 6.45) is 0.265. The topological polar surface area (TPSA) is 83.5 Å². The summed E-state index contributed by atoms with van der Waals surface area (Å²) in [5, 5.41) is 9.65. The van der Waals surface area contributed by atoms with Crippen LogP contribution in [0.5, 0.6) is 5.75 Å². The molecule has 0 spiro atoms.